The molecule has 2 heteroatoms. The van der Waals surface area contributed by atoms with Gasteiger partial charge in [0.25, 0.3) is 0 Å². The molecule has 2 nitrogen and oxygen atoms in total. The fraction of sp³-hybridized carbons (Fsp3) is 1.00. The molecule has 0 amide bonds. The van der Waals surface area contributed by atoms with E-state index in [2.05, 4.69) is 24.1 Å². The molecule has 1 saturated heterocycles. The lowest BCUT2D eigenvalue weighted by Gasteiger charge is -2.35. The summed E-state index contributed by atoms with van der Waals surface area (Å²) in [6.07, 6.45) is 8.65. The molecule has 2 unspecified atom stereocenters. The molecule has 1 saturated carbocycles. The van der Waals surface area contributed by atoms with E-state index in [1.807, 2.05) is 0 Å². The highest BCUT2D eigenvalue weighted by atomic mass is 15.2. The molecule has 1 aliphatic heterocycles. The molecule has 0 radical (unpaired) electrons. The van der Waals surface area contributed by atoms with Gasteiger partial charge in [0.2, 0.25) is 0 Å². The first-order chi connectivity index (χ1) is 7.79. The van der Waals surface area contributed by atoms with E-state index in [1.54, 1.807) is 0 Å². The predicted molar refractivity (Wildman–Crippen MR) is 69.7 cm³/mol. The number of nitrogens with zero attached hydrogens (tertiary/aromatic N) is 1. The van der Waals surface area contributed by atoms with Crippen LogP contribution in [0, 0.1) is 5.92 Å². The first-order valence-electron chi connectivity index (χ1n) is 7.27. The summed E-state index contributed by atoms with van der Waals surface area (Å²) in [4.78, 5) is 2.68. The lowest BCUT2D eigenvalue weighted by molar-refractivity contribution is 0.150. The van der Waals surface area contributed by atoms with E-state index in [-0.39, 0.29) is 0 Å². The van der Waals surface area contributed by atoms with Crippen molar-refractivity contribution in [1.82, 2.24) is 10.2 Å². The Labute approximate surface area is 101 Å². The highest BCUT2D eigenvalue weighted by Gasteiger charge is 2.25. The van der Waals surface area contributed by atoms with Crippen LogP contribution in [0.25, 0.3) is 0 Å². The third-order valence-corrected chi connectivity index (χ3v) is 4.55. The Kier molecular flexibility index (Phi) is 4.66. The summed E-state index contributed by atoms with van der Waals surface area (Å²) >= 11 is 0. The topological polar surface area (TPSA) is 15.3 Å². The molecule has 2 fully saturated rings. The summed E-state index contributed by atoms with van der Waals surface area (Å²) in [7, 11) is 0. The van der Waals surface area contributed by atoms with Crippen LogP contribution in [-0.2, 0) is 0 Å². The van der Waals surface area contributed by atoms with Gasteiger partial charge >= 0.3 is 0 Å². The van der Waals surface area contributed by atoms with Crippen molar-refractivity contribution in [1.29, 1.82) is 0 Å². The van der Waals surface area contributed by atoms with Gasteiger partial charge in [0.1, 0.15) is 0 Å². The lowest BCUT2D eigenvalue weighted by Crippen LogP contribution is -2.43. The van der Waals surface area contributed by atoms with Crippen LogP contribution in [0.5, 0.6) is 0 Å². The number of hydrogen-bond acceptors (Lipinski definition) is 2. The van der Waals surface area contributed by atoms with Crippen molar-refractivity contribution in [3.05, 3.63) is 0 Å². The molecule has 0 aromatic carbocycles. The maximum absolute atomic E-state index is 3.62. The van der Waals surface area contributed by atoms with Gasteiger partial charge in [-0.15, -0.1) is 0 Å². The molecule has 0 spiro atoms. The van der Waals surface area contributed by atoms with E-state index in [1.165, 1.54) is 58.2 Å². The van der Waals surface area contributed by atoms with Crippen LogP contribution >= 0.6 is 0 Å². The van der Waals surface area contributed by atoms with E-state index >= 15 is 0 Å². The molecule has 2 atom stereocenters. The minimum absolute atomic E-state index is 0.767. The Morgan fingerprint density at radius 3 is 2.56 bits per heavy atom. The molecule has 94 valence electrons. The van der Waals surface area contributed by atoms with Gasteiger partial charge in [0, 0.05) is 18.6 Å². The predicted octanol–water partition coefficient (Wildman–Crippen LogP) is 2.64. The Balaban J connectivity index is 1.73. The van der Waals surface area contributed by atoms with Crippen LogP contribution in [0.1, 0.15) is 52.4 Å². The normalized spacial score (nSPS) is 28.3. The van der Waals surface area contributed by atoms with Gasteiger partial charge in [0.15, 0.2) is 0 Å². The second-order valence-corrected chi connectivity index (χ2v) is 5.76. The van der Waals surface area contributed by atoms with E-state index in [4.69, 9.17) is 0 Å². The molecule has 0 bridgehead atoms. The number of hydrogen-bond donors (Lipinski definition) is 1. The molecule has 1 aliphatic carbocycles. The summed E-state index contributed by atoms with van der Waals surface area (Å²) in [5.41, 5.74) is 0. The van der Waals surface area contributed by atoms with E-state index < -0.39 is 0 Å². The van der Waals surface area contributed by atoms with Crippen molar-refractivity contribution in [3.8, 4) is 0 Å². The van der Waals surface area contributed by atoms with Gasteiger partial charge in [-0.1, -0.05) is 26.2 Å². The van der Waals surface area contributed by atoms with Gasteiger partial charge in [0.05, 0.1) is 0 Å². The Morgan fingerprint density at radius 2 is 2.06 bits per heavy atom. The van der Waals surface area contributed by atoms with Crippen LogP contribution in [0.15, 0.2) is 0 Å². The first-order valence-corrected chi connectivity index (χ1v) is 7.27. The third-order valence-electron chi connectivity index (χ3n) is 4.55. The summed E-state index contributed by atoms with van der Waals surface area (Å²) in [6.45, 7) is 8.46. The molecule has 2 rings (SSSR count). The standard InChI is InChI=1S/C14H28N2/c1-3-16(11-14-8-5-9-15-14)12(2)10-13-6-4-7-13/h12-15H,3-11H2,1-2H3. The molecule has 2 aliphatic rings. The van der Waals surface area contributed by atoms with Gasteiger partial charge in [-0.3, -0.25) is 4.90 Å². The lowest BCUT2D eigenvalue weighted by atomic mass is 9.81. The number of likely N-dealkylation sites (N-methyl/N-ethyl adjacent to an activating group) is 1. The number of rotatable bonds is 6. The highest BCUT2D eigenvalue weighted by molar-refractivity contribution is 4.82. The van der Waals surface area contributed by atoms with Crippen molar-refractivity contribution in [2.45, 2.75) is 64.5 Å². The quantitative estimate of drug-likeness (QED) is 0.746. The van der Waals surface area contributed by atoms with Gasteiger partial charge in [-0.2, -0.15) is 0 Å². The maximum atomic E-state index is 3.62. The minimum atomic E-state index is 0.767. The summed E-state index contributed by atoms with van der Waals surface area (Å²) < 4.78 is 0. The van der Waals surface area contributed by atoms with Crippen LogP contribution in [0.2, 0.25) is 0 Å². The molecule has 1 heterocycles. The minimum Gasteiger partial charge on any atom is -0.313 e. The van der Waals surface area contributed by atoms with Crippen LogP contribution in [-0.4, -0.2) is 36.6 Å². The van der Waals surface area contributed by atoms with Crippen LogP contribution < -0.4 is 5.32 Å². The molecule has 0 aromatic rings. The second kappa shape index (κ2) is 6.02. The smallest absolute Gasteiger partial charge is 0.0195 e. The van der Waals surface area contributed by atoms with Crippen LogP contribution in [0.3, 0.4) is 0 Å². The fourth-order valence-corrected chi connectivity index (χ4v) is 3.18. The average Bonchev–Trinajstić information content (AvgIpc) is 2.72. The highest BCUT2D eigenvalue weighted by Crippen LogP contribution is 2.31. The van der Waals surface area contributed by atoms with E-state index in [0.717, 1.165) is 18.0 Å². The monoisotopic (exact) mass is 224 g/mol. The molecule has 16 heavy (non-hydrogen) atoms. The fourth-order valence-electron chi connectivity index (χ4n) is 3.18. The maximum Gasteiger partial charge on any atom is 0.0195 e. The Bertz CT molecular complexity index is 195. The zero-order chi connectivity index (χ0) is 11.4. The molecular weight excluding hydrogens is 196 g/mol. The zero-order valence-corrected chi connectivity index (χ0v) is 11.0. The first kappa shape index (κ1) is 12.4. The summed E-state index contributed by atoms with van der Waals surface area (Å²) in [5.74, 6) is 1.04. The second-order valence-electron chi connectivity index (χ2n) is 5.76. The zero-order valence-electron chi connectivity index (χ0n) is 11.0. The molecule has 1 N–H and O–H groups in total. The van der Waals surface area contributed by atoms with Crippen LogP contribution in [0.4, 0.5) is 0 Å². The third kappa shape index (κ3) is 3.21. The van der Waals surface area contributed by atoms with Gasteiger partial charge in [-0.25, -0.2) is 0 Å². The van der Waals surface area contributed by atoms with Gasteiger partial charge < -0.3 is 5.32 Å². The SMILES string of the molecule is CCN(CC1CCCN1)C(C)CC1CCC1. The van der Waals surface area contributed by atoms with E-state index in [0.29, 0.717) is 0 Å². The Hall–Kier alpha value is -0.0800. The van der Waals surface area contributed by atoms with E-state index in [9.17, 15) is 0 Å². The van der Waals surface area contributed by atoms with Crippen molar-refractivity contribution in [2.24, 2.45) is 5.92 Å². The summed E-state index contributed by atoms with van der Waals surface area (Å²) in [6, 6.07) is 1.56. The average molecular weight is 224 g/mol. The van der Waals surface area contributed by atoms with Crippen molar-refractivity contribution >= 4 is 0 Å². The summed E-state index contributed by atoms with van der Waals surface area (Å²) in [5, 5.41) is 3.62. The largest absolute Gasteiger partial charge is 0.313 e. The van der Waals surface area contributed by atoms with Crippen molar-refractivity contribution in [3.63, 3.8) is 0 Å². The number of nitrogens with one attached hydrogen (secondary N) is 1. The van der Waals surface area contributed by atoms with Crippen molar-refractivity contribution < 1.29 is 0 Å². The molecule has 0 aromatic heterocycles. The molecular formula is C14H28N2. The Morgan fingerprint density at radius 1 is 1.25 bits per heavy atom. The van der Waals surface area contributed by atoms with Crippen molar-refractivity contribution in [2.75, 3.05) is 19.6 Å². The van der Waals surface area contributed by atoms with Gasteiger partial charge in [-0.05, 0) is 45.2 Å².